The number of hydrogen-bond acceptors (Lipinski definition) is 3. The van der Waals surface area contributed by atoms with Crippen LogP contribution in [-0.2, 0) is 6.42 Å². The number of amides is 1. The zero-order chi connectivity index (χ0) is 17.2. The lowest BCUT2D eigenvalue weighted by atomic mass is 9.86. The Morgan fingerprint density at radius 1 is 1.24 bits per heavy atom. The average Bonchev–Trinajstić information content (AvgIpc) is 3.13. The Labute approximate surface area is 146 Å². The molecule has 0 radical (unpaired) electrons. The van der Waals surface area contributed by atoms with Gasteiger partial charge in [-0.1, -0.05) is 18.2 Å². The predicted molar refractivity (Wildman–Crippen MR) is 99.3 cm³/mol. The summed E-state index contributed by atoms with van der Waals surface area (Å²) < 4.78 is 5.47. The fourth-order valence-corrected chi connectivity index (χ4v) is 3.53. The van der Waals surface area contributed by atoms with Gasteiger partial charge in [0.2, 0.25) is 0 Å². The first-order valence-electron chi connectivity index (χ1n) is 8.72. The van der Waals surface area contributed by atoms with Crippen LogP contribution in [0, 0.1) is 0 Å². The lowest BCUT2D eigenvalue weighted by Gasteiger charge is -2.22. The first-order valence-corrected chi connectivity index (χ1v) is 8.72. The lowest BCUT2D eigenvalue weighted by Crippen LogP contribution is -2.26. The Hall–Kier alpha value is -2.88. The molecule has 25 heavy (non-hydrogen) atoms. The first-order chi connectivity index (χ1) is 12.3. The monoisotopic (exact) mass is 332 g/mol. The number of pyridine rings is 1. The van der Waals surface area contributed by atoms with Gasteiger partial charge in [0.25, 0.3) is 5.91 Å². The van der Waals surface area contributed by atoms with Crippen molar-refractivity contribution in [3.8, 4) is 0 Å². The van der Waals surface area contributed by atoms with Crippen LogP contribution in [0.1, 0.15) is 47.1 Å². The maximum Gasteiger partial charge on any atom is 0.252 e. The number of carbonyl (C=O) groups is 1. The van der Waals surface area contributed by atoms with Crippen LogP contribution in [0.25, 0.3) is 22.6 Å². The third-order valence-electron chi connectivity index (χ3n) is 4.59. The molecule has 1 aliphatic rings. The zero-order valence-electron chi connectivity index (χ0n) is 14.2. The highest BCUT2D eigenvalue weighted by Crippen LogP contribution is 2.36. The van der Waals surface area contributed by atoms with E-state index < -0.39 is 0 Å². The molecular weight excluding hydrogens is 312 g/mol. The molecule has 1 N–H and O–H groups in total. The molecule has 126 valence electrons. The molecular formula is C21H20N2O2. The number of carbonyl (C=O) groups excluding carboxylic acids is 1. The molecule has 0 spiro atoms. The van der Waals surface area contributed by atoms with Crippen LogP contribution in [0.4, 0.5) is 0 Å². The second kappa shape index (κ2) is 6.55. The Bertz CT molecular complexity index is 955. The predicted octanol–water partition coefficient (Wildman–Crippen LogP) is 4.45. The Balaban J connectivity index is 1.96. The van der Waals surface area contributed by atoms with Crippen molar-refractivity contribution in [3.05, 3.63) is 65.2 Å². The molecule has 0 bridgehead atoms. The van der Waals surface area contributed by atoms with Crippen LogP contribution >= 0.6 is 0 Å². The summed E-state index contributed by atoms with van der Waals surface area (Å²) in [4.78, 5) is 17.7. The van der Waals surface area contributed by atoms with Crippen molar-refractivity contribution < 1.29 is 9.21 Å². The molecule has 1 amide bonds. The Kier molecular flexibility index (Phi) is 4.10. The van der Waals surface area contributed by atoms with Crippen molar-refractivity contribution in [1.82, 2.24) is 10.3 Å². The highest BCUT2D eigenvalue weighted by molar-refractivity contribution is 6.09. The molecule has 2 aromatic heterocycles. The van der Waals surface area contributed by atoms with Crippen LogP contribution in [-0.4, -0.2) is 17.4 Å². The van der Waals surface area contributed by atoms with Crippen molar-refractivity contribution in [2.24, 2.45) is 0 Å². The molecule has 4 rings (SSSR count). The van der Waals surface area contributed by atoms with Gasteiger partial charge in [-0.05, 0) is 61.6 Å². The molecule has 4 nitrogen and oxygen atoms in total. The number of aromatic nitrogens is 1. The number of nitrogens with one attached hydrogen (secondary N) is 1. The fraction of sp³-hybridized carbons (Fsp3) is 0.238. The fourth-order valence-electron chi connectivity index (χ4n) is 3.53. The second-order valence-electron chi connectivity index (χ2n) is 6.23. The van der Waals surface area contributed by atoms with E-state index in [1.54, 1.807) is 6.26 Å². The van der Waals surface area contributed by atoms with Crippen molar-refractivity contribution in [1.29, 1.82) is 0 Å². The lowest BCUT2D eigenvalue weighted by molar-refractivity contribution is 0.0956. The number of allylic oxidation sites excluding steroid dienone is 1. The van der Waals surface area contributed by atoms with E-state index in [4.69, 9.17) is 9.40 Å². The van der Waals surface area contributed by atoms with E-state index >= 15 is 0 Å². The highest BCUT2D eigenvalue weighted by atomic mass is 16.3. The normalized spacial score (nSPS) is 15.3. The van der Waals surface area contributed by atoms with E-state index in [0.29, 0.717) is 6.54 Å². The van der Waals surface area contributed by atoms with E-state index in [1.807, 2.05) is 49.4 Å². The van der Waals surface area contributed by atoms with Crippen LogP contribution in [0.3, 0.4) is 0 Å². The summed E-state index contributed by atoms with van der Waals surface area (Å²) >= 11 is 0. The maximum atomic E-state index is 12.8. The largest absolute Gasteiger partial charge is 0.465 e. The molecule has 1 aromatic carbocycles. The summed E-state index contributed by atoms with van der Waals surface area (Å²) in [7, 11) is 0. The molecule has 3 aromatic rings. The van der Waals surface area contributed by atoms with Crippen LogP contribution in [0.2, 0.25) is 0 Å². The van der Waals surface area contributed by atoms with Crippen LogP contribution in [0.15, 0.2) is 47.1 Å². The number of rotatable bonds is 3. The van der Waals surface area contributed by atoms with E-state index in [9.17, 15) is 4.79 Å². The summed E-state index contributed by atoms with van der Waals surface area (Å²) in [6, 6.07) is 11.7. The van der Waals surface area contributed by atoms with Gasteiger partial charge < -0.3 is 9.73 Å². The van der Waals surface area contributed by atoms with Gasteiger partial charge in [-0.3, -0.25) is 4.79 Å². The van der Waals surface area contributed by atoms with Gasteiger partial charge in [0.1, 0.15) is 5.76 Å². The third-order valence-corrected chi connectivity index (χ3v) is 4.59. The van der Waals surface area contributed by atoms with Gasteiger partial charge in [0.15, 0.2) is 0 Å². The smallest absolute Gasteiger partial charge is 0.252 e. The first kappa shape index (κ1) is 15.6. The van der Waals surface area contributed by atoms with Gasteiger partial charge in [-0.15, -0.1) is 0 Å². The summed E-state index contributed by atoms with van der Waals surface area (Å²) in [5, 5.41) is 3.88. The van der Waals surface area contributed by atoms with Gasteiger partial charge in [0.05, 0.1) is 23.0 Å². The Morgan fingerprint density at radius 2 is 2.12 bits per heavy atom. The van der Waals surface area contributed by atoms with Crippen molar-refractivity contribution in [2.75, 3.05) is 6.54 Å². The SMILES string of the molecule is CCNC(=O)c1c2c(nc3ccccc13)/C(=C\c1ccco1)CCC2. The van der Waals surface area contributed by atoms with Gasteiger partial charge >= 0.3 is 0 Å². The topological polar surface area (TPSA) is 55.1 Å². The van der Waals surface area contributed by atoms with Gasteiger partial charge in [0, 0.05) is 11.9 Å². The zero-order valence-corrected chi connectivity index (χ0v) is 14.2. The van der Waals surface area contributed by atoms with Gasteiger partial charge in [-0.25, -0.2) is 4.98 Å². The number of para-hydroxylation sites is 1. The molecule has 0 saturated carbocycles. The number of nitrogens with zero attached hydrogens (tertiary/aromatic N) is 1. The van der Waals surface area contributed by atoms with E-state index in [1.165, 1.54) is 0 Å². The third kappa shape index (κ3) is 2.84. The summed E-state index contributed by atoms with van der Waals surface area (Å²) in [5.41, 5.74) is 4.74. The minimum atomic E-state index is -0.0170. The minimum Gasteiger partial charge on any atom is -0.465 e. The molecule has 0 saturated heterocycles. The Morgan fingerprint density at radius 3 is 2.92 bits per heavy atom. The number of benzene rings is 1. The summed E-state index contributed by atoms with van der Waals surface area (Å²) in [6.07, 6.45) is 6.53. The standard InChI is InChI=1S/C21H20N2O2/c1-2-22-21(24)19-16-9-3-4-11-18(16)23-20-14(7-5-10-17(19)20)13-15-8-6-12-25-15/h3-4,6,8-9,11-13H,2,5,7,10H2,1H3,(H,22,24)/b14-13-. The number of furan rings is 1. The summed E-state index contributed by atoms with van der Waals surface area (Å²) in [6.45, 7) is 2.55. The van der Waals surface area contributed by atoms with E-state index in [0.717, 1.165) is 58.3 Å². The molecule has 0 unspecified atom stereocenters. The molecule has 0 atom stereocenters. The average molecular weight is 332 g/mol. The van der Waals surface area contributed by atoms with Crippen LogP contribution in [0.5, 0.6) is 0 Å². The highest BCUT2D eigenvalue weighted by Gasteiger charge is 2.24. The molecule has 1 aliphatic carbocycles. The molecule has 2 heterocycles. The molecule has 0 aliphatic heterocycles. The number of fused-ring (bicyclic) bond motifs is 2. The van der Waals surface area contributed by atoms with Gasteiger partial charge in [-0.2, -0.15) is 0 Å². The van der Waals surface area contributed by atoms with Crippen LogP contribution < -0.4 is 5.32 Å². The molecule has 0 fully saturated rings. The van der Waals surface area contributed by atoms with Crippen molar-refractivity contribution in [2.45, 2.75) is 26.2 Å². The second-order valence-corrected chi connectivity index (χ2v) is 6.23. The molecule has 4 heteroatoms. The quantitative estimate of drug-likeness (QED) is 0.771. The van der Waals surface area contributed by atoms with E-state index in [2.05, 4.69) is 5.32 Å². The minimum absolute atomic E-state index is 0.0170. The van der Waals surface area contributed by atoms with E-state index in [-0.39, 0.29) is 5.91 Å². The summed E-state index contributed by atoms with van der Waals surface area (Å²) in [5.74, 6) is 0.800. The number of hydrogen-bond donors (Lipinski definition) is 1. The van der Waals surface area contributed by atoms with Crippen molar-refractivity contribution >= 4 is 28.5 Å². The van der Waals surface area contributed by atoms with Crippen molar-refractivity contribution in [3.63, 3.8) is 0 Å². The maximum absolute atomic E-state index is 12.8.